The standard InChI is InChI=1S/C18H16ClN3S/c19-13-4-2-12(3-5-13)18(8-1-9-18)17-16-14(7-11-21-17)23-15(22-16)6-10-20/h2-5H,1,6-9,11H2. The van der Waals surface area contributed by atoms with Gasteiger partial charge in [0.25, 0.3) is 0 Å². The highest BCUT2D eigenvalue weighted by Crippen LogP contribution is 2.48. The third-order valence-corrected chi connectivity index (χ3v) is 6.23. The molecule has 2 heterocycles. The molecule has 0 atom stereocenters. The van der Waals surface area contributed by atoms with E-state index in [0.717, 1.165) is 47.2 Å². The Morgan fingerprint density at radius 1 is 1.26 bits per heavy atom. The van der Waals surface area contributed by atoms with Crippen molar-refractivity contribution in [2.45, 2.75) is 37.5 Å². The van der Waals surface area contributed by atoms with Crippen LogP contribution in [0.3, 0.4) is 0 Å². The van der Waals surface area contributed by atoms with E-state index in [1.54, 1.807) is 11.3 Å². The van der Waals surface area contributed by atoms with Crippen LogP contribution in [-0.2, 0) is 18.3 Å². The Hall–Kier alpha value is -1.70. The second-order valence-corrected chi connectivity index (χ2v) is 7.74. The highest BCUT2D eigenvalue weighted by Gasteiger charge is 2.46. The Kier molecular flexibility index (Phi) is 3.71. The molecule has 3 nitrogen and oxygen atoms in total. The van der Waals surface area contributed by atoms with Gasteiger partial charge in [0.05, 0.1) is 23.9 Å². The second-order valence-electron chi connectivity index (χ2n) is 6.14. The van der Waals surface area contributed by atoms with Crippen molar-refractivity contribution in [3.63, 3.8) is 0 Å². The molecule has 0 bridgehead atoms. The highest BCUT2D eigenvalue weighted by atomic mass is 35.5. The Morgan fingerprint density at radius 2 is 2.04 bits per heavy atom. The molecular formula is C18H16ClN3S. The summed E-state index contributed by atoms with van der Waals surface area (Å²) in [5, 5.41) is 10.6. The molecule has 1 aliphatic carbocycles. The maximum absolute atomic E-state index is 8.94. The average Bonchev–Trinajstić information content (AvgIpc) is 2.92. The van der Waals surface area contributed by atoms with Gasteiger partial charge in [0.15, 0.2) is 0 Å². The van der Waals surface area contributed by atoms with Crippen LogP contribution in [-0.4, -0.2) is 17.2 Å². The monoisotopic (exact) mass is 341 g/mol. The predicted octanol–water partition coefficient (Wildman–Crippen LogP) is 4.33. The van der Waals surface area contributed by atoms with Gasteiger partial charge in [-0.2, -0.15) is 5.26 Å². The molecule has 0 N–H and O–H groups in total. The first-order valence-corrected chi connectivity index (χ1v) is 9.09. The zero-order valence-electron chi connectivity index (χ0n) is 12.7. The van der Waals surface area contributed by atoms with Gasteiger partial charge in [-0.15, -0.1) is 11.3 Å². The third-order valence-electron chi connectivity index (χ3n) is 4.86. The van der Waals surface area contributed by atoms with Gasteiger partial charge in [-0.05, 0) is 30.5 Å². The lowest BCUT2D eigenvalue weighted by atomic mass is 9.60. The van der Waals surface area contributed by atoms with Crippen molar-refractivity contribution in [2.24, 2.45) is 4.99 Å². The first-order valence-electron chi connectivity index (χ1n) is 7.90. The summed E-state index contributed by atoms with van der Waals surface area (Å²) in [6, 6.07) is 10.4. The fourth-order valence-corrected chi connectivity index (χ4v) is 4.70. The summed E-state index contributed by atoms with van der Waals surface area (Å²) < 4.78 is 0. The molecule has 23 heavy (non-hydrogen) atoms. The zero-order valence-corrected chi connectivity index (χ0v) is 14.3. The maximum Gasteiger partial charge on any atom is 0.108 e. The van der Waals surface area contributed by atoms with E-state index in [1.165, 1.54) is 16.9 Å². The molecule has 4 rings (SSSR count). The van der Waals surface area contributed by atoms with Crippen LogP contribution in [0.25, 0.3) is 0 Å². The van der Waals surface area contributed by atoms with Gasteiger partial charge >= 0.3 is 0 Å². The van der Waals surface area contributed by atoms with Crippen LogP contribution in [0.5, 0.6) is 0 Å². The van der Waals surface area contributed by atoms with Crippen molar-refractivity contribution in [2.75, 3.05) is 6.54 Å². The third kappa shape index (κ3) is 2.39. The number of hydrogen-bond donors (Lipinski definition) is 0. The lowest BCUT2D eigenvalue weighted by molar-refractivity contribution is 0.339. The largest absolute Gasteiger partial charge is 0.286 e. The van der Waals surface area contributed by atoms with Crippen molar-refractivity contribution in [3.05, 3.63) is 50.4 Å². The lowest BCUT2D eigenvalue weighted by Crippen LogP contribution is -2.44. The number of nitriles is 1. The molecule has 1 aromatic heterocycles. The molecule has 2 aliphatic rings. The SMILES string of the molecule is N#CCc1nc2c(s1)CCN=C2C1(c2ccc(Cl)cc2)CCC1. The van der Waals surface area contributed by atoms with Crippen LogP contribution >= 0.6 is 22.9 Å². The van der Waals surface area contributed by atoms with E-state index in [-0.39, 0.29) is 5.41 Å². The van der Waals surface area contributed by atoms with E-state index in [4.69, 9.17) is 26.8 Å². The van der Waals surface area contributed by atoms with E-state index in [9.17, 15) is 0 Å². The van der Waals surface area contributed by atoms with E-state index in [1.807, 2.05) is 12.1 Å². The summed E-state index contributed by atoms with van der Waals surface area (Å²) >= 11 is 7.73. The van der Waals surface area contributed by atoms with E-state index >= 15 is 0 Å². The van der Waals surface area contributed by atoms with Gasteiger partial charge in [-0.25, -0.2) is 4.98 Å². The highest BCUT2D eigenvalue weighted by molar-refractivity contribution is 7.12. The number of halogens is 1. The van der Waals surface area contributed by atoms with E-state index in [0.29, 0.717) is 6.42 Å². The van der Waals surface area contributed by atoms with Crippen molar-refractivity contribution in [3.8, 4) is 6.07 Å². The molecule has 1 aliphatic heterocycles. The molecule has 0 amide bonds. The van der Waals surface area contributed by atoms with Crippen molar-refractivity contribution < 1.29 is 0 Å². The smallest absolute Gasteiger partial charge is 0.108 e. The first kappa shape index (κ1) is 14.9. The maximum atomic E-state index is 8.94. The summed E-state index contributed by atoms with van der Waals surface area (Å²) in [6.07, 6.45) is 4.76. The van der Waals surface area contributed by atoms with Gasteiger partial charge in [0, 0.05) is 28.3 Å². The molecule has 5 heteroatoms. The molecule has 1 fully saturated rings. The topological polar surface area (TPSA) is 49.0 Å². The Labute approximate surface area is 144 Å². The minimum absolute atomic E-state index is 0.0161. The number of rotatable bonds is 3. The minimum atomic E-state index is -0.0161. The fourth-order valence-electron chi connectivity index (χ4n) is 3.58. The number of thiazole rings is 1. The molecule has 2 aromatic rings. The molecule has 0 saturated heterocycles. The molecule has 0 spiro atoms. The van der Waals surface area contributed by atoms with Crippen LogP contribution in [0.2, 0.25) is 5.02 Å². The fraction of sp³-hybridized carbons (Fsp3) is 0.389. The number of aromatic nitrogens is 1. The summed E-state index contributed by atoms with van der Waals surface area (Å²) in [5.41, 5.74) is 3.45. The number of nitrogens with zero attached hydrogens (tertiary/aromatic N) is 3. The van der Waals surface area contributed by atoms with Crippen molar-refractivity contribution >= 4 is 28.6 Å². The molecule has 1 aromatic carbocycles. The van der Waals surface area contributed by atoms with Gasteiger partial charge in [-0.3, -0.25) is 4.99 Å². The number of fused-ring (bicyclic) bond motifs is 1. The minimum Gasteiger partial charge on any atom is -0.286 e. The van der Waals surface area contributed by atoms with E-state index < -0.39 is 0 Å². The number of hydrogen-bond acceptors (Lipinski definition) is 4. The van der Waals surface area contributed by atoms with Gasteiger partial charge in [0.2, 0.25) is 0 Å². The molecule has 0 unspecified atom stereocenters. The quantitative estimate of drug-likeness (QED) is 0.834. The summed E-state index contributed by atoms with van der Waals surface area (Å²) in [6.45, 7) is 0.825. The first-order chi connectivity index (χ1) is 11.2. The zero-order chi connectivity index (χ0) is 15.9. The van der Waals surface area contributed by atoms with Crippen LogP contribution < -0.4 is 0 Å². The molecule has 1 saturated carbocycles. The van der Waals surface area contributed by atoms with Crippen LogP contribution in [0.15, 0.2) is 29.3 Å². The second kappa shape index (κ2) is 5.74. The lowest BCUT2D eigenvalue weighted by Gasteiger charge is -2.44. The molecular weight excluding hydrogens is 326 g/mol. The molecule has 0 radical (unpaired) electrons. The Balaban J connectivity index is 1.79. The van der Waals surface area contributed by atoms with Crippen molar-refractivity contribution in [1.82, 2.24) is 4.98 Å². The predicted molar refractivity (Wildman–Crippen MR) is 93.5 cm³/mol. The van der Waals surface area contributed by atoms with Gasteiger partial charge in [0.1, 0.15) is 5.01 Å². The Morgan fingerprint density at radius 3 is 2.70 bits per heavy atom. The van der Waals surface area contributed by atoms with Gasteiger partial charge in [-0.1, -0.05) is 30.2 Å². The number of benzene rings is 1. The summed E-state index contributed by atoms with van der Waals surface area (Å²) in [5.74, 6) is 0. The summed E-state index contributed by atoms with van der Waals surface area (Å²) in [7, 11) is 0. The number of aliphatic imine (C=N–C) groups is 1. The molecule has 116 valence electrons. The average molecular weight is 342 g/mol. The van der Waals surface area contributed by atoms with Crippen molar-refractivity contribution in [1.29, 1.82) is 5.26 Å². The van der Waals surface area contributed by atoms with Crippen LogP contribution in [0.1, 0.15) is 40.4 Å². The Bertz CT molecular complexity index is 810. The van der Waals surface area contributed by atoms with Gasteiger partial charge < -0.3 is 0 Å². The van der Waals surface area contributed by atoms with Crippen LogP contribution in [0.4, 0.5) is 0 Å². The van der Waals surface area contributed by atoms with Crippen LogP contribution in [0, 0.1) is 11.3 Å². The van der Waals surface area contributed by atoms with E-state index in [2.05, 4.69) is 18.2 Å². The summed E-state index contributed by atoms with van der Waals surface area (Å²) in [4.78, 5) is 10.9. The normalized spacial score (nSPS) is 18.5.